The van der Waals surface area contributed by atoms with Gasteiger partial charge in [0.05, 0.1) is 11.1 Å². The van der Waals surface area contributed by atoms with Gasteiger partial charge in [0.25, 0.3) is 11.8 Å². The maximum absolute atomic E-state index is 13.0. The molecule has 0 radical (unpaired) electrons. The fourth-order valence-electron chi connectivity index (χ4n) is 3.06. The lowest BCUT2D eigenvalue weighted by Crippen LogP contribution is -2.50. The molecule has 1 aliphatic heterocycles. The standard InChI is InChI=1S/C20H19IN2O3/c1-3-12(2)17(18(24)22-14-10-8-13(21)9-11-14)23-19(25)15-6-4-5-7-16(15)20(23)26/h4-12,17H,3H2,1-2H3,(H,22,24)/t12-,17+/m1/s1. The van der Waals surface area contributed by atoms with Crippen LogP contribution in [0.1, 0.15) is 41.0 Å². The molecule has 2 atom stereocenters. The van der Waals surface area contributed by atoms with E-state index in [-0.39, 0.29) is 11.8 Å². The first-order valence-corrected chi connectivity index (χ1v) is 9.55. The number of benzene rings is 2. The molecule has 2 aromatic carbocycles. The molecule has 0 aliphatic carbocycles. The monoisotopic (exact) mass is 462 g/mol. The molecule has 134 valence electrons. The van der Waals surface area contributed by atoms with Crippen LogP contribution in [-0.2, 0) is 4.79 Å². The Morgan fingerprint density at radius 1 is 1.04 bits per heavy atom. The highest BCUT2D eigenvalue weighted by molar-refractivity contribution is 14.1. The van der Waals surface area contributed by atoms with Gasteiger partial charge in [0, 0.05) is 9.26 Å². The lowest BCUT2D eigenvalue weighted by atomic mass is 9.96. The number of halogens is 1. The number of anilines is 1. The average Bonchev–Trinajstić information content (AvgIpc) is 2.89. The predicted molar refractivity (Wildman–Crippen MR) is 108 cm³/mol. The van der Waals surface area contributed by atoms with Crippen LogP contribution in [0, 0.1) is 9.49 Å². The van der Waals surface area contributed by atoms with E-state index < -0.39 is 17.9 Å². The molecule has 1 heterocycles. The van der Waals surface area contributed by atoms with Crippen LogP contribution < -0.4 is 5.32 Å². The first-order valence-electron chi connectivity index (χ1n) is 8.47. The molecule has 0 unspecified atom stereocenters. The Morgan fingerprint density at radius 3 is 2.08 bits per heavy atom. The van der Waals surface area contributed by atoms with E-state index in [1.807, 2.05) is 26.0 Å². The van der Waals surface area contributed by atoms with Crippen LogP contribution in [0.25, 0.3) is 0 Å². The van der Waals surface area contributed by atoms with Crippen LogP contribution in [0.4, 0.5) is 5.69 Å². The number of nitrogens with one attached hydrogen (secondary N) is 1. The number of hydrogen-bond acceptors (Lipinski definition) is 3. The van der Waals surface area contributed by atoms with E-state index in [1.54, 1.807) is 36.4 Å². The molecule has 1 N–H and O–H groups in total. The third-order valence-corrected chi connectivity index (χ3v) is 5.39. The van der Waals surface area contributed by atoms with Crippen LogP contribution in [0.2, 0.25) is 0 Å². The maximum atomic E-state index is 13.0. The normalized spacial score (nSPS) is 15.6. The van der Waals surface area contributed by atoms with Crippen LogP contribution in [0.3, 0.4) is 0 Å². The number of nitrogens with zero attached hydrogens (tertiary/aromatic N) is 1. The Balaban J connectivity index is 1.92. The second-order valence-electron chi connectivity index (χ2n) is 6.35. The topological polar surface area (TPSA) is 66.5 Å². The summed E-state index contributed by atoms with van der Waals surface area (Å²) in [4.78, 5) is 39.7. The third kappa shape index (κ3) is 3.38. The van der Waals surface area contributed by atoms with Gasteiger partial charge in [-0.05, 0) is 64.9 Å². The highest BCUT2D eigenvalue weighted by Crippen LogP contribution is 2.28. The molecule has 3 rings (SSSR count). The van der Waals surface area contributed by atoms with Crippen molar-refractivity contribution in [2.24, 2.45) is 5.92 Å². The van der Waals surface area contributed by atoms with Crippen LogP contribution in [-0.4, -0.2) is 28.7 Å². The summed E-state index contributed by atoms with van der Waals surface area (Å²) >= 11 is 2.19. The van der Waals surface area contributed by atoms with Crippen molar-refractivity contribution in [3.05, 3.63) is 63.2 Å². The second-order valence-corrected chi connectivity index (χ2v) is 7.60. The van der Waals surface area contributed by atoms with E-state index >= 15 is 0 Å². The van der Waals surface area contributed by atoms with Crippen LogP contribution in [0.15, 0.2) is 48.5 Å². The van der Waals surface area contributed by atoms with Gasteiger partial charge in [-0.2, -0.15) is 0 Å². The lowest BCUT2D eigenvalue weighted by molar-refractivity contribution is -0.121. The quantitative estimate of drug-likeness (QED) is 0.541. The lowest BCUT2D eigenvalue weighted by Gasteiger charge is -2.29. The number of carbonyl (C=O) groups excluding carboxylic acids is 3. The summed E-state index contributed by atoms with van der Waals surface area (Å²) in [5.74, 6) is -1.33. The number of carbonyl (C=O) groups is 3. The molecule has 5 nitrogen and oxygen atoms in total. The molecule has 0 bridgehead atoms. The van der Waals surface area contributed by atoms with Gasteiger partial charge >= 0.3 is 0 Å². The van der Waals surface area contributed by atoms with E-state index in [0.717, 1.165) is 8.47 Å². The van der Waals surface area contributed by atoms with Crippen molar-refractivity contribution in [3.8, 4) is 0 Å². The van der Waals surface area contributed by atoms with E-state index in [0.29, 0.717) is 23.2 Å². The number of rotatable bonds is 5. The minimum Gasteiger partial charge on any atom is -0.324 e. The highest BCUT2D eigenvalue weighted by atomic mass is 127. The highest BCUT2D eigenvalue weighted by Gasteiger charge is 2.44. The zero-order valence-corrected chi connectivity index (χ0v) is 16.7. The van der Waals surface area contributed by atoms with Crippen molar-refractivity contribution in [3.63, 3.8) is 0 Å². The number of hydrogen-bond donors (Lipinski definition) is 1. The summed E-state index contributed by atoms with van der Waals surface area (Å²) in [6.07, 6.45) is 0.665. The number of fused-ring (bicyclic) bond motifs is 1. The Hall–Kier alpha value is -2.22. The van der Waals surface area contributed by atoms with Gasteiger partial charge in [-0.3, -0.25) is 19.3 Å². The molecule has 0 aromatic heterocycles. The van der Waals surface area contributed by atoms with Crippen molar-refractivity contribution >= 4 is 46.0 Å². The van der Waals surface area contributed by atoms with Gasteiger partial charge in [-0.25, -0.2) is 0 Å². The minimum atomic E-state index is -0.855. The average molecular weight is 462 g/mol. The van der Waals surface area contributed by atoms with E-state index in [1.165, 1.54) is 0 Å². The molecule has 0 saturated carbocycles. The van der Waals surface area contributed by atoms with Gasteiger partial charge in [0.2, 0.25) is 5.91 Å². The number of imide groups is 1. The largest absolute Gasteiger partial charge is 0.324 e. The van der Waals surface area contributed by atoms with Crippen molar-refractivity contribution in [1.29, 1.82) is 0 Å². The predicted octanol–water partition coefficient (Wildman–Crippen LogP) is 3.94. The molecule has 0 spiro atoms. The molecule has 3 amide bonds. The first-order chi connectivity index (χ1) is 12.4. The Kier molecular flexibility index (Phi) is 5.41. The Bertz CT molecular complexity index is 829. The second kappa shape index (κ2) is 7.57. The SMILES string of the molecule is CC[C@@H](C)[C@@H](C(=O)Nc1ccc(I)cc1)N1C(=O)c2ccccc2C1=O. The van der Waals surface area contributed by atoms with Crippen molar-refractivity contribution in [2.45, 2.75) is 26.3 Å². The molecule has 26 heavy (non-hydrogen) atoms. The first kappa shape index (κ1) is 18.6. The third-order valence-electron chi connectivity index (χ3n) is 4.67. The zero-order chi connectivity index (χ0) is 18.8. The molecule has 0 fully saturated rings. The zero-order valence-electron chi connectivity index (χ0n) is 14.5. The summed E-state index contributed by atoms with van der Waals surface area (Å²) in [5, 5.41) is 2.84. The van der Waals surface area contributed by atoms with Gasteiger partial charge in [-0.1, -0.05) is 32.4 Å². The van der Waals surface area contributed by atoms with Crippen molar-refractivity contribution in [1.82, 2.24) is 4.90 Å². The Morgan fingerprint density at radius 2 is 1.58 bits per heavy atom. The summed E-state index contributed by atoms with van der Waals surface area (Å²) in [5.41, 5.74) is 1.35. The molecular formula is C20H19IN2O3. The Labute approximate surface area is 165 Å². The minimum absolute atomic E-state index is 0.166. The summed E-state index contributed by atoms with van der Waals surface area (Å²) < 4.78 is 1.06. The van der Waals surface area contributed by atoms with E-state index in [9.17, 15) is 14.4 Å². The summed E-state index contributed by atoms with van der Waals surface area (Å²) in [6, 6.07) is 13.2. The summed E-state index contributed by atoms with van der Waals surface area (Å²) in [7, 11) is 0. The fourth-order valence-corrected chi connectivity index (χ4v) is 3.42. The van der Waals surface area contributed by atoms with Crippen molar-refractivity contribution < 1.29 is 14.4 Å². The molecule has 6 heteroatoms. The fraction of sp³-hybridized carbons (Fsp3) is 0.250. The molecule has 1 aliphatic rings. The van der Waals surface area contributed by atoms with E-state index in [4.69, 9.17) is 0 Å². The smallest absolute Gasteiger partial charge is 0.262 e. The van der Waals surface area contributed by atoms with Crippen LogP contribution in [0.5, 0.6) is 0 Å². The molecule has 0 saturated heterocycles. The maximum Gasteiger partial charge on any atom is 0.262 e. The van der Waals surface area contributed by atoms with E-state index in [2.05, 4.69) is 27.9 Å². The van der Waals surface area contributed by atoms with Gasteiger partial charge in [0.15, 0.2) is 0 Å². The van der Waals surface area contributed by atoms with Gasteiger partial charge in [-0.15, -0.1) is 0 Å². The van der Waals surface area contributed by atoms with Crippen molar-refractivity contribution in [2.75, 3.05) is 5.32 Å². The summed E-state index contributed by atoms with van der Waals surface area (Å²) in [6.45, 7) is 3.82. The van der Waals surface area contributed by atoms with Gasteiger partial charge < -0.3 is 5.32 Å². The molecular weight excluding hydrogens is 443 g/mol. The number of amides is 3. The van der Waals surface area contributed by atoms with Gasteiger partial charge in [0.1, 0.15) is 6.04 Å². The molecule has 2 aromatic rings. The van der Waals surface area contributed by atoms with Crippen LogP contribution >= 0.6 is 22.6 Å².